The standard InChI is InChI=1S/C27H32N4O6S/c1-16(2)22(26(35)36)30-23(32)20(13-14-38-3)28-24(33)21(15-17-9-5-4-6-10-17)31-25(34)18-11-7-8-12-19(18)29-27(31)37/h4-12,16,20-22H,13-15H2,1-3H3,(H,28,33)(H,29,37)(H,30,32)(H,35,36). The van der Waals surface area contributed by atoms with E-state index in [2.05, 4.69) is 15.6 Å². The minimum atomic E-state index is -1.26. The number of nitrogens with zero attached hydrogens (tertiary/aromatic N) is 1. The Kier molecular flexibility index (Phi) is 9.89. The highest BCUT2D eigenvalue weighted by Gasteiger charge is 2.32. The summed E-state index contributed by atoms with van der Waals surface area (Å²) in [5.41, 5.74) is -0.317. The van der Waals surface area contributed by atoms with Crippen molar-refractivity contribution < 1.29 is 19.5 Å². The Balaban J connectivity index is 2.01. The molecule has 2 aromatic carbocycles. The zero-order chi connectivity index (χ0) is 27.8. The maximum atomic E-state index is 13.7. The van der Waals surface area contributed by atoms with E-state index < -0.39 is 47.2 Å². The van der Waals surface area contributed by atoms with Crippen LogP contribution in [0, 0.1) is 5.92 Å². The average Bonchev–Trinajstić information content (AvgIpc) is 2.89. The molecule has 3 unspecified atom stereocenters. The van der Waals surface area contributed by atoms with Crippen LogP contribution in [0.1, 0.15) is 31.9 Å². The molecule has 1 heterocycles. The minimum Gasteiger partial charge on any atom is -0.480 e. The van der Waals surface area contributed by atoms with Crippen LogP contribution in [0.4, 0.5) is 0 Å². The molecule has 202 valence electrons. The third kappa shape index (κ3) is 6.91. The third-order valence-electron chi connectivity index (χ3n) is 6.20. The van der Waals surface area contributed by atoms with Gasteiger partial charge in [0, 0.05) is 6.42 Å². The number of hydrogen-bond donors (Lipinski definition) is 4. The Hall–Kier alpha value is -3.86. The van der Waals surface area contributed by atoms with Gasteiger partial charge in [-0.1, -0.05) is 56.3 Å². The van der Waals surface area contributed by atoms with Gasteiger partial charge in [0.05, 0.1) is 10.9 Å². The number of nitrogens with one attached hydrogen (secondary N) is 3. The van der Waals surface area contributed by atoms with Crippen molar-refractivity contribution in [3.05, 3.63) is 81.0 Å². The van der Waals surface area contributed by atoms with Gasteiger partial charge in [-0.15, -0.1) is 0 Å². The SMILES string of the molecule is CSCCC(NC(=O)C(Cc1ccccc1)n1c(=O)[nH]c2ccccc2c1=O)C(=O)NC(C(=O)O)C(C)C. The van der Waals surface area contributed by atoms with E-state index in [0.29, 0.717) is 16.8 Å². The van der Waals surface area contributed by atoms with Crippen molar-refractivity contribution in [1.82, 2.24) is 20.2 Å². The lowest BCUT2D eigenvalue weighted by Gasteiger charge is -2.25. The fourth-order valence-corrected chi connectivity index (χ4v) is 4.61. The minimum absolute atomic E-state index is 0.0224. The van der Waals surface area contributed by atoms with Crippen molar-refractivity contribution >= 4 is 40.4 Å². The molecule has 0 aliphatic carbocycles. The number of amides is 2. The first-order valence-electron chi connectivity index (χ1n) is 12.2. The summed E-state index contributed by atoms with van der Waals surface area (Å²) < 4.78 is 0.877. The van der Waals surface area contributed by atoms with Crippen molar-refractivity contribution in [2.45, 2.75) is 44.8 Å². The highest BCUT2D eigenvalue weighted by atomic mass is 32.2. The lowest BCUT2D eigenvalue weighted by Crippen LogP contribution is -2.55. The van der Waals surface area contributed by atoms with E-state index in [1.54, 1.807) is 62.4 Å². The molecule has 0 aliphatic rings. The van der Waals surface area contributed by atoms with E-state index in [9.17, 15) is 29.1 Å². The van der Waals surface area contributed by atoms with Gasteiger partial charge in [0.2, 0.25) is 11.8 Å². The van der Waals surface area contributed by atoms with Gasteiger partial charge in [0.15, 0.2) is 0 Å². The first-order chi connectivity index (χ1) is 18.1. The number of fused-ring (bicyclic) bond motifs is 1. The number of H-pyrrole nitrogens is 1. The number of aromatic amines is 1. The third-order valence-corrected chi connectivity index (χ3v) is 6.84. The molecular weight excluding hydrogens is 508 g/mol. The summed E-state index contributed by atoms with van der Waals surface area (Å²) in [5.74, 6) is -2.40. The van der Waals surface area contributed by atoms with E-state index >= 15 is 0 Å². The topological polar surface area (TPSA) is 150 Å². The van der Waals surface area contributed by atoms with E-state index in [-0.39, 0.29) is 24.1 Å². The molecule has 4 N–H and O–H groups in total. The monoisotopic (exact) mass is 540 g/mol. The van der Waals surface area contributed by atoms with Gasteiger partial charge in [0.1, 0.15) is 18.1 Å². The number of carbonyl (C=O) groups excluding carboxylic acids is 2. The Morgan fingerprint density at radius 3 is 2.26 bits per heavy atom. The van der Waals surface area contributed by atoms with E-state index in [0.717, 1.165) is 4.57 Å². The lowest BCUT2D eigenvalue weighted by molar-refractivity contribution is -0.143. The number of aromatic nitrogens is 2. The summed E-state index contributed by atoms with van der Waals surface area (Å²) in [5, 5.41) is 14.9. The fourth-order valence-electron chi connectivity index (χ4n) is 4.14. The first-order valence-corrected chi connectivity index (χ1v) is 13.6. The molecule has 1 aromatic heterocycles. The zero-order valence-electron chi connectivity index (χ0n) is 21.5. The van der Waals surface area contributed by atoms with Gasteiger partial charge in [-0.3, -0.25) is 14.4 Å². The largest absolute Gasteiger partial charge is 0.480 e. The number of thioether (sulfide) groups is 1. The molecule has 0 radical (unpaired) electrons. The molecule has 0 bridgehead atoms. The van der Waals surface area contributed by atoms with Crippen LogP contribution in [-0.2, 0) is 20.8 Å². The lowest BCUT2D eigenvalue weighted by atomic mass is 10.0. The number of carboxylic acid groups (broad SMARTS) is 1. The van der Waals surface area contributed by atoms with Crippen molar-refractivity contribution in [3.63, 3.8) is 0 Å². The molecule has 3 atom stereocenters. The Bertz CT molecular complexity index is 1400. The highest BCUT2D eigenvalue weighted by Crippen LogP contribution is 2.15. The van der Waals surface area contributed by atoms with Crippen LogP contribution >= 0.6 is 11.8 Å². The van der Waals surface area contributed by atoms with Crippen LogP contribution < -0.4 is 21.9 Å². The maximum Gasteiger partial charge on any atom is 0.329 e. The Morgan fingerprint density at radius 1 is 0.974 bits per heavy atom. The van der Waals surface area contributed by atoms with Gasteiger partial charge >= 0.3 is 11.7 Å². The van der Waals surface area contributed by atoms with Gasteiger partial charge in [-0.25, -0.2) is 14.2 Å². The number of aliphatic carboxylic acids is 1. The highest BCUT2D eigenvalue weighted by molar-refractivity contribution is 7.98. The predicted molar refractivity (Wildman–Crippen MR) is 147 cm³/mol. The number of benzene rings is 2. The molecule has 0 fully saturated rings. The fraction of sp³-hybridized carbons (Fsp3) is 0.370. The zero-order valence-corrected chi connectivity index (χ0v) is 22.3. The molecule has 3 rings (SSSR count). The van der Waals surface area contributed by atoms with Gasteiger partial charge in [-0.2, -0.15) is 11.8 Å². The predicted octanol–water partition coefficient (Wildman–Crippen LogP) is 1.94. The molecule has 2 amide bonds. The van der Waals surface area contributed by atoms with Crippen LogP contribution in [0.25, 0.3) is 10.9 Å². The van der Waals surface area contributed by atoms with E-state index in [1.807, 2.05) is 12.3 Å². The quantitative estimate of drug-likeness (QED) is 0.274. The molecule has 10 nitrogen and oxygen atoms in total. The molecule has 11 heteroatoms. The summed E-state index contributed by atoms with van der Waals surface area (Å²) in [6, 6.07) is 12.0. The summed E-state index contributed by atoms with van der Waals surface area (Å²) in [6.45, 7) is 3.34. The van der Waals surface area contributed by atoms with Crippen LogP contribution in [0.2, 0.25) is 0 Å². The maximum absolute atomic E-state index is 13.7. The first kappa shape index (κ1) is 28.7. The smallest absolute Gasteiger partial charge is 0.329 e. The molecule has 0 saturated carbocycles. The van der Waals surface area contributed by atoms with E-state index in [1.165, 1.54) is 11.8 Å². The van der Waals surface area contributed by atoms with Crippen LogP contribution in [0.3, 0.4) is 0 Å². The number of rotatable bonds is 12. The molecule has 38 heavy (non-hydrogen) atoms. The Morgan fingerprint density at radius 2 is 1.63 bits per heavy atom. The average molecular weight is 541 g/mol. The van der Waals surface area contributed by atoms with Crippen molar-refractivity contribution in [1.29, 1.82) is 0 Å². The second-order valence-electron chi connectivity index (χ2n) is 9.27. The summed E-state index contributed by atoms with van der Waals surface area (Å²) in [4.78, 5) is 67.5. The van der Waals surface area contributed by atoms with Crippen molar-refractivity contribution in [2.24, 2.45) is 5.92 Å². The van der Waals surface area contributed by atoms with Crippen LogP contribution in [0.15, 0.2) is 64.2 Å². The normalized spacial score (nSPS) is 13.6. The molecule has 0 aliphatic heterocycles. The van der Waals surface area contributed by atoms with Gasteiger partial charge in [-0.05, 0) is 42.0 Å². The molecule has 0 spiro atoms. The van der Waals surface area contributed by atoms with Gasteiger partial charge < -0.3 is 20.7 Å². The number of carbonyl (C=O) groups is 3. The van der Waals surface area contributed by atoms with Crippen LogP contribution in [0.5, 0.6) is 0 Å². The van der Waals surface area contributed by atoms with Crippen molar-refractivity contribution in [2.75, 3.05) is 12.0 Å². The number of carboxylic acids is 1. The second-order valence-corrected chi connectivity index (χ2v) is 10.3. The van der Waals surface area contributed by atoms with E-state index in [4.69, 9.17) is 0 Å². The molecule has 3 aromatic rings. The van der Waals surface area contributed by atoms with Crippen molar-refractivity contribution in [3.8, 4) is 0 Å². The second kappa shape index (κ2) is 13.1. The number of hydrogen-bond acceptors (Lipinski definition) is 6. The molecule has 0 saturated heterocycles. The van der Waals surface area contributed by atoms with Crippen LogP contribution in [-0.4, -0.2) is 56.5 Å². The Labute approximate surface area is 223 Å². The number of para-hydroxylation sites is 1. The van der Waals surface area contributed by atoms with Gasteiger partial charge in [0.25, 0.3) is 5.56 Å². The summed E-state index contributed by atoms with van der Waals surface area (Å²) in [7, 11) is 0. The summed E-state index contributed by atoms with van der Waals surface area (Å²) in [6.07, 6.45) is 2.09. The molecular formula is C27H32N4O6S. The summed E-state index contributed by atoms with van der Waals surface area (Å²) >= 11 is 1.46.